The molecule has 0 heterocycles. The van der Waals surface area contributed by atoms with Crippen molar-refractivity contribution in [2.24, 2.45) is 5.73 Å². The summed E-state index contributed by atoms with van der Waals surface area (Å²) in [5.74, 6) is -0.207. The summed E-state index contributed by atoms with van der Waals surface area (Å²) >= 11 is 0. The summed E-state index contributed by atoms with van der Waals surface area (Å²) < 4.78 is 13.0. The third-order valence-corrected chi connectivity index (χ3v) is 3.83. The number of rotatable bonds is 7. The molecular formula is C18H23FN2. The van der Waals surface area contributed by atoms with Gasteiger partial charge in [0.1, 0.15) is 5.82 Å². The molecule has 2 nitrogen and oxygen atoms in total. The lowest BCUT2D eigenvalue weighted by Gasteiger charge is -2.27. The van der Waals surface area contributed by atoms with Gasteiger partial charge in [0, 0.05) is 12.6 Å². The summed E-state index contributed by atoms with van der Waals surface area (Å²) in [6.45, 7) is 1.50. The molecular weight excluding hydrogens is 263 g/mol. The van der Waals surface area contributed by atoms with Crippen LogP contribution in [0.25, 0.3) is 0 Å². The van der Waals surface area contributed by atoms with Gasteiger partial charge in [-0.2, -0.15) is 0 Å². The van der Waals surface area contributed by atoms with Crippen molar-refractivity contribution in [3.05, 3.63) is 71.5 Å². The maximum Gasteiger partial charge on any atom is 0.123 e. The van der Waals surface area contributed by atoms with Gasteiger partial charge in [-0.25, -0.2) is 4.39 Å². The molecule has 0 radical (unpaired) electrons. The molecule has 2 N–H and O–H groups in total. The zero-order valence-electron chi connectivity index (χ0n) is 12.5. The third-order valence-electron chi connectivity index (χ3n) is 3.83. The van der Waals surface area contributed by atoms with Gasteiger partial charge in [-0.15, -0.1) is 0 Å². The summed E-state index contributed by atoms with van der Waals surface area (Å²) in [6, 6.07) is 17.3. The minimum atomic E-state index is -0.207. The number of nitrogens with zero attached hydrogens (tertiary/aromatic N) is 1. The van der Waals surface area contributed by atoms with Gasteiger partial charge in [-0.3, -0.25) is 4.90 Å². The molecule has 0 saturated carbocycles. The van der Waals surface area contributed by atoms with E-state index in [0.717, 1.165) is 24.9 Å². The molecule has 0 aliphatic heterocycles. The smallest absolute Gasteiger partial charge is 0.123 e. The molecule has 0 fully saturated rings. The highest BCUT2D eigenvalue weighted by Gasteiger charge is 2.14. The quantitative estimate of drug-likeness (QED) is 0.845. The Morgan fingerprint density at radius 1 is 1.05 bits per heavy atom. The van der Waals surface area contributed by atoms with Crippen LogP contribution in [0.4, 0.5) is 4.39 Å². The average molecular weight is 286 g/mol. The molecule has 0 aliphatic carbocycles. The fourth-order valence-corrected chi connectivity index (χ4v) is 2.59. The Morgan fingerprint density at radius 3 is 2.33 bits per heavy atom. The van der Waals surface area contributed by atoms with Gasteiger partial charge < -0.3 is 5.73 Å². The lowest BCUT2D eigenvalue weighted by atomic mass is 10.0. The fraction of sp³-hybridized carbons (Fsp3) is 0.333. The average Bonchev–Trinajstić information content (AvgIpc) is 2.51. The molecule has 21 heavy (non-hydrogen) atoms. The molecule has 0 saturated heterocycles. The Morgan fingerprint density at radius 2 is 1.71 bits per heavy atom. The van der Waals surface area contributed by atoms with Crippen molar-refractivity contribution in [2.45, 2.75) is 18.9 Å². The van der Waals surface area contributed by atoms with Crippen LogP contribution in [0.15, 0.2) is 54.6 Å². The topological polar surface area (TPSA) is 29.3 Å². The van der Waals surface area contributed by atoms with E-state index in [0.29, 0.717) is 6.54 Å². The molecule has 0 bridgehead atoms. The molecule has 2 rings (SSSR count). The third kappa shape index (κ3) is 4.66. The first-order valence-corrected chi connectivity index (χ1v) is 7.40. The molecule has 0 aromatic heterocycles. The van der Waals surface area contributed by atoms with E-state index < -0.39 is 0 Å². The van der Waals surface area contributed by atoms with E-state index in [4.69, 9.17) is 5.73 Å². The summed E-state index contributed by atoms with van der Waals surface area (Å²) in [5, 5.41) is 0. The van der Waals surface area contributed by atoms with Crippen molar-refractivity contribution in [3.8, 4) is 0 Å². The molecule has 112 valence electrons. The van der Waals surface area contributed by atoms with Gasteiger partial charge in [0.15, 0.2) is 0 Å². The first-order valence-electron chi connectivity index (χ1n) is 7.40. The molecule has 1 atom stereocenters. The number of nitrogens with two attached hydrogens (primary N) is 1. The number of hydrogen-bond donors (Lipinski definition) is 1. The summed E-state index contributed by atoms with van der Waals surface area (Å²) in [6.07, 6.45) is 2.14. The highest BCUT2D eigenvalue weighted by molar-refractivity contribution is 5.20. The number of halogens is 1. The molecule has 0 spiro atoms. The zero-order valence-corrected chi connectivity index (χ0v) is 12.5. The molecule has 2 aromatic rings. The lowest BCUT2D eigenvalue weighted by Crippen LogP contribution is -2.31. The molecule has 1 unspecified atom stereocenters. The second-order valence-corrected chi connectivity index (χ2v) is 5.37. The van der Waals surface area contributed by atoms with E-state index >= 15 is 0 Å². The first-order chi connectivity index (χ1) is 10.2. The van der Waals surface area contributed by atoms with E-state index in [-0.39, 0.29) is 11.9 Å². The summed E-state index contributed by atoms with van der Waals surface area (Å²) in [5.41, 5.74) is 8.32. The van der Waals surface area contributed by atoms with Crippen LogP contribution < -0.4 is 5.73 Å². The standard InChI is InChI=1S/C18H23FN2/c1-21(13-5-8-15-6-3-2-4-7-15)18(14-20)16-9-11-17(19)12-10-16/h2-4,6-7,9-12,18H,5,8,13-14,20H2,1H3. The van der Waals surface area contributed by atoms with Crippen LogP contribution in [-0.4, -0.2) is 25.0 Å². The van der Waals surface area contributed by atoms with Crippen molar-refractivity contribution in [3.63, 3.8) is 0 Å². The van der Waals surface area contributed by atoms with Crippen LogP contribution in [0.5, 0.6) is 0 Å². The normalized spacial score (nSPS) is 12.6. The maximum absolute atomic E-state index is 13.0. The maximum atomic E-state index is 13.0. The van der Waals surface area contributed by atoms with E-state index in [1.165, 1.54) is 17.7 Å². The molecule has 0 aliphatic rings. The Hall–Kier alpha value is -1.71. The van der Waals surface area contributed by atoms with Crippen molar-refractivity contribution >= 4 is 0 Å². The van der Waals surface area contributed by atoms with Crippen molar-refractivity contribution in [1.82, 2.24) is 4.90 Å². The monoisotopic (exact) mass is 286 g/mol. The van der Waals surface area contributed by atoms with Crippen molar-refractivity contribution in [2.75, 3.05) is 20.1 Å². The largest absolute Gasteiger partial charge is 0.329 e. The predicted octanol–water partition coefficient (Wildman–Crippen LogP) is 3.39. The lowest BCUT2D eigenvalue weighted by molar-refractivity contribution is 0.247. The van der Waals surface area contributed by atoms with Crippen LogP contribution in [0, 0.1) is 5.82 Å². The summed E-state index contributed by atoms with van der Waals surface area (Å²) in [4.78, 5) is 2.25. The van der Waals surface area contributed by atoms with E-state index in [9.17, 15) is 4.39 Å². The Labute approximate surface area is 126 Å². The highest BCUT2D eigenvalue weighted by Crippen LogP contribution is 2.19. The van der Waals surface area contributed by atoms with Gasteiger partial charge in [0.2, 0.25) is 0 Å². The second-order valence-electron chi connectivity index (χ2n) is 5.37. The SMILES string of the molecule is CN(CCCc1ccccc1)C(CN)c1ccc(F)cc1. The number of aryl methyl sites for hydroxylation is 1. The highest BCUT2D eigenvalue weighted by atomic mass is 19.1. The second kappa shape index (κ2) is 7.91. The number of likely N-dealkylation sites (N-methyl/N-ethyl adjacent to an activating group) is 1. The number of benzene rings is 2. The fourth-order valence-electron chi connectivity index (χ4n) is 2.59. The molecule has 0 amide bonds. The Bertz CT molecular complexity index is 525. The molecule has 3 heteroatoms. The van der Waals surface area contributed by atoms with Crippen LogP contribution in [-0.2, 0) is 6.42 Å². The van der Waals surface area contributed by atoms with Gasteiger partial charge in [-0.05, 0) is 49.7 Å². The van der Waals surface area contributed by atoms with Crippen LogP contribution in [0.2, 0.25) is 0 Å². The first kappa shape index (κ1) is 15.7. The van der Waals surface area contributed by atoms with Crippen molar-refractivity contribution in [1.29, 1.82) is 0 Å². The van der Waals surface area contributed by atoms with Gasteiger partial charge in [0.05, 0.1) is 0 Å². The van der Waals surface area contributed by atoms with Crippen LogP contribution in [0.1, 0.15) is 23.6 Å². The Kier molecular flexibility index (Phi) is 5.90. The van der Waals surface area contributed by atoms with Gasteiger partial charge >= 0.3 is 0 Å². The predicted molar refractivity (Wildman–Crippen MR) is 85.6 cm³/mol. The Balaban J connectivity index is 1.88. The van der Waals surface area contributed by atoms with Gasteiger partial charge in [-0.1, -0.05) is 42.5 Å². The van der Waals surface area contributed by atoms with Crippen LogP contribution in [0.3, 0.4) is 0 Å². The number of hydrogen-bond acceptors (Lipinski definition) is 2. The van der Waals surface area contributed by atoms with Crippen molar-refractivity contribution < 1.29 is 4.39 Å². The minimum Gasteiger partial charge on any atom is -0.329 e. The van der Waals surface area contributed by atoms with E-state index in [1.54, 1.807) is 0 Å². The van der Waals surface area contributed by atoms with Crippen LogP contribution >= 0.6 is 0 Å². The van der Waals surface area contributed by atoms with Gasteiger partial charge in [0.25, 0.3) is 0 Å². The van der Waals surface area contributed by atoms with E-state index in [2.05, 4.69) is 36.2 Å². The minimum absolute atomic E-state index is 0.140. The molecule has 2 aromatic carbocycles. The zero-order chi connectivity index (χ0) is 15.1. The summed E-state index contributed by atoms with van der Waals surface area (Å²) in [7, 11) is 2.08. The van der Waals surface area contributed by atoms with E-state index in [1.807, 2.05) is 18.2 Å².